The van der Waals surface area contributed by atoms with Crippen molar-refractivity contribution in [2.75, 3.05) is 5.32 Å². The molecular formula is C19H17ClN4O4S. The van der Waals surface area contributed by atoms with Gasteiger partial charge < -0.3 is 10.4 Å². The highest BCUT2D eigenvalue weighted by molar-refractivity contribution is 7.90. The van der Waals surface area contributed by atoms with Crippen molar-refractivity contribution < 1.29 is 13.5 Å². The summed E-state index contributed by atoms with van der Waals surface area (Å²) in [5.74, 6) is -0.629. The summed E-state index contributed by atoms with van der Waals surface area (Å²) in [6.45, 7) is 2.36. The van der Waals surface area contributed by atoms with Crippen molar-refractivity contribution in [1.29, 1.82) is 0 Å². The number of nitrogens with one attached hydrogen (secondary N) is 1. The maximum atomic E-state index is 13.2. The third-order valence-electron chi connectivity index (χ3n) is 4.65. The molecule has 1 aliphatic rings. The number of nitrogens with zero attached hydrogens (tertiary/aromatic N) is 3. The second kappa shape index (κ2) is 7.16. The summed E-state index contributed by atoms with van der Waals surface area (Å²) in [6, 6.07) is 7.45. The zero-order valence-electron chi connectivity index (χ0n) is 15.4. The molecule has 2 N–H and O–H groups in total. The van der Waals surface area contributed by atoms with E-state index < -0.39 is 15.6 Å². The predicted molar refractivity (Wildman–Crippen MR) is 111 cm³/mol. The largest absolute Gasteiger partial charge is 0.506 e. The van der Waals surface area contributed by atoms with Gasteiger partial charge in [0.15, 0.2) is 5.84 Å². The molecule has 0 amide bonds. The van der Waals surface area contributed by atoms with Crippen LogP contribution in [0.15, 0.2) is 50.6 Å². The van der Waals surface area contributed by atoms with E-state index in [-0.39, 0.29) is 27.7 Å². The van der Waals surface area contributed by atoms with Crippen LogP contribution < -0.4 is 10.9 Å². The van der Waals surface area contributed by atoms with Crippen LogP contribution in [0.1, 0.15) is 25.3 Å². The van der Waals surface area contributed by atoms with Gasteiger partial charge in [0.25, 0.3) is 15.6 Å². The Morgan fingerprint density at radius 2 is 2.07 bits per heavy atom. The van der Waals surface area contributed by atoms with E-state index >= 15 is 0 Å². The van der Waals surface area contributed by atoms with Crippen LogP contribution in [-0.4, -0.2) is 28.9 Å². The van der Waals surface area contributed by atoms with Crippen LogP contribution in [0.5, 0.6) is 5.75 Å². The Morgan fingerprint density at radius 1 is 1.28 bits per heavy atom. The summed E-state index contributed by atoms with van der Waals surface area (Å²) >= 11 is 5.99. The number of aromatic nitrogens is 2. The van der Waals surface area contributed by atoms with Gasteiger partial charge in [-0.05, 0) is 36.8 Å². The lowest BCUT2D eigenvalue weighted by Crippen LogP contribution is -2.33. The molecule has 3 heterocycles. The van der Waals surface area contributed by atoms with Crippen molar-refractivity contribution in [2.24, 2.45) is 4.40 Å². The van der Waals surface area contributed by atoms with Crippen molar-refractivity contribution in [1.82, 2.24) is 9.55 Å². The molecule has 1 aliphatic heterocycles. The van der Waals surface area contributed by atoms with Gasteiger partial charge in [-0.3, -0.25) is 9.36 Å². The van der Waals surface area contributed by atoms with Gasteiger partial charge in [-0.1, -0.05) is 24.9 Å². The average Bonchev–Trinajstić information content (AvgIpc) is 2.67. The molecule has 0 aliphatic carbocycles. The van der Waals surface area contributed by atoms with E-state index in [2.05, 4.69) is 14.7 Å². The zero-order valence-corrected chi connectivity index (χ0v) is 17.0. The molecule has 1 aromatic carbocycles. The van der Waals surface area contributed by atoms with E-state index in [1.54, 1.807) is 12.1 Å². The smallest absolute Gasteiger partial charge is 0.286 e. The molecule has 8 nitrogen and oxygen atoms in total. The number of pyridine rings is 2. The molecule has 0 atom stereocenters. The van der Waals surface area contributed by atoms with E-state index in [0.29, 0.717) is 29.0 Å². The Labute approximate surface area is 171 Å². The molecule has 0 saturated heterocycles. The Kier molecular flexibility index (Phi) is 4.79. The van der Waals surface area contributed by atoms with E-state index in [1.165, 1.54) is 29.0 Å². The van der Waals surface area contributed by atoms with Gasteiger partial charge in [0.1, 0.15) is 21.9 Å². The Hall–Kier alpha value is -2.91. The number of rotatable bonds is 4. The molecule has 10 heteroatoms. The predicted octanol–water partition coefficient (Wildman–Crippen LogP) is 3.12. The van der Waals surface area contributed by atoms with Crippen molar-refractivity contribution in [2.45, 2.75) is 31.2 Å². The lowest BCUT2D eigenvalue weighted by atomic mass is 10.1. The maximum absolute atomic E-state index is 13.2. The van der Waals surface area contributed by atoms with E-state index in [4.69, 9.17) is 11.6 Å². The molecule has 3 aromatic rings. The van der Waals surface area contributed by atoms with Crippen LogP contribution in [0.4, 0.5) is 5.69 Å². The van der Waals surface area contributed by atoms with Crippen LogP contribution in [0.2, 0.25) is 5.02 Å². The highest BCUT2D eigenvalue weighted by Gasteiger charge is 2.30. The summed E-state index contributed by atoms with van der Waals surface area (Å²) in [7, 11) is -4.08. The minimum atomic E-state index is -4.08. The van der Waals surface area contributed by atoms with Gasteiger partial charge >= 0.3 is 0 Å². The maximum Gasteiger partial charge on any atom is 0.286 e. The van der Waals surface area contributed by atoms with Gasteiger partial charge in [-0.2, -0.15) is 8.42 Å². The molecule has 2 aromatic heterocycles. The second-order valence-electron chi connectivity index (χ2n) is 6.59. The fourth-order valence-electron chi connectivity index (χ4n) is 3.25. The van der Waals surface area contributed by atoms with Gasteiger partial charge in [-0.25, -0.2) is 4.98 Å². The fourth-order valence-corrected chi connectivity index (χ4v) is 4.53. The molecule has 150 valence electrons. The number of hydrogen-bond acceptors (Lipinski definition) is 6. The molecule has 0 radical (unpaired) electrons. The number of anilines is 1. The number of unbranched alkanes of at least 4 members (excludes halogenated alkanes) is 1. The highest BCUT2D eigenvalue weighted by atomic mass is 35.5. The van der Waals surface area contributed by atoms with Crippen molar-refractivity contribution in [3.8, 4) is 5.75 Å². The van der Waals surface area contributed by atoms with Crippen molar-refractivity contribution in [3.05, 3.63) is 57.5 Å². The summed E-state index contributed by atoms with van der Waals surface area (Å²) in [5.41, 5.74) is -0.285. The number of aromatic hydroxyl groups is 1. The third-order valence-corrected chi connectivity index (χ3v) is 6.22. The summed E-state index contributed by atoms with van der Waals surface area (Å²) in [4.78, 5) is 17.4. The molecular weight excluding hydrogens is 416 g/mol. The number of benzene rings is 1. The summed E-state index contributed by atoms with van der Waals surface area (Å²) in [5, 5.41) is 14.3. The van der Waals surface area contributed by atoms with E-state index in [1.807, 2.05) is 6.92 Å². The van der Waals surface area contributed by atoms with Gasteiger partial charge in [-0.15, -0.1) is 4.40 Å². The van der Waals surface area contributed by atoms with Gasteiger partial charge in [0.2, 0.25) is 0 Å². The van der Waals surface area contributed by atoms with Crippen LogP contribution in [-0.2, 0) is 16.6 Å². The van der Waals surface area contributed by atoms with Crippen LogP contribution >= 0.6 is 11.6 Å². The van der Waals surface area contributed by atoms with E-state index in [9.17, 15) is 18.3 Å². The lowest BCUT2D eigenvalue weighted by Gasteiger charge is -2.20. The molecule has 0 bridgehead atoms. The topological polar surface area (TPSA) is 114 Å². The van der Waals surface area contributed by atoms with Crippen LogP contribution in [0.3, 0.4) is 0 Å². The molecule has 0 fully saturated rings. The quantitative estimate of drug-likeness (QED) is 0.654. The number of aryl methyl sites for hydroxylation is 1. The normalized spacial score (nSPS) is 14.9. The Balaban J connectivity index is 2.00. The highest BCUT2D eigenvalue weighted by Crippen LogP contribution is 2.33. The molecule has 0 saturated carbocycles. The lowest BCUT2D eigenvalue weighted by molar-refractivity contribution is 0.476. The first-order valence-electron chi connectivity index (χ1n) is 8.96. The van der Waals surface area contributed by atoms with Crippen molar-refractivity contribution >= 4 is 44.2 Å². The van der Waals surface area contributed by atoms with E-state index in [0.717, 1.165) is 6.42 Å². The Morgan fingerprint density at radius 3 is 2.83 bits per heavy atom. The standard InChI is InChI=1S/C19H17ClN4O4S/c1-2-3-9-24-18-12(5-4-8-21-18)16(25)15(19(24)26)17-22-13-10-11(20)6-7-14(13)29(27,28)23-17/h4-8,10,25H,2-3,9H2,1H3,(H,22,23). The Bertz CT molecular complexity index is 1330. The van der Waals surface area contributed by atoms with Gasteiger partial charge in [0.05, 0.1) is 11.1 Å². The number of fused-ring (bicyclic) bond motifs is 2. The second-order valence-corrected chi connectivity index (χ2v) is 8.60. The number of amidine groups is 1. The average molecular weight is 433 g/mol. The molecule has 0 spiro atoms. The number of sulfonamides is 1. The molecule has 29 heavy (non-hydrogen) atoms. The first kappa shape index (κ1) is 19.4. The van der Waals surface area contributed by atoms with Gasteiger partial charge in [0, 0.05) is 17.8 Å². The molecule has 4 rings (SSSR count). The first-order valence-corrected chi connectivity index (χ1v) is 10.8. The molecule has 0 unspecified atom stereocenters. The zero-order chi connectivity index (χ0) is 20.8. The minimum Gasteiger partial charge on any atom is -0.506 e. The van der Waals surface area contributed by atoms with Crippen LogP contribution in [0, 0.1) is 0 Å². The first-order chi connectivity index (χ1) is 13.8. The third kappa shape index (κ3) is 3.26. The minimum absolute atomic E-state index is 0.0566. The SMILES string of the molecule is CCCCn1c(=O)c(C2=NS(=O)(=O)c3ccc(Cl)cc3N2)c(O)c2cccnc21. The summed E-state index contributed by atoms with van der Waals surface area (Å²) in [6.07, 6.45) is 3.09. The van der Waals surface area contributed by atoms with Crippen molar-refractivity contribution in [3.63, 3.8) is 0 Å². The number of halogens is 1. The van der Waals surface area contributed by atoms with Crippen LogP contribution in [0.25, 0.3) is 11.0 Å². The summed E-state index contributed by atoms with van der Waals surface area (Å²) < 4.78 is 30.5. The monoisotopic (exact) mass is 432 g/mol. The number of hydrogen-bond donors (Lipinski definition) is 2. The fraction of sp³-hybridized carbons (Fsp3) is 0.211.